The molecule has 4 rings (SSSR count). The van der Waals surface area contributed by atoms with E-state index in [4.69, 9.17) is 9.84 Å². The summed E-state index contributed by atoms with van der Waals surface area (Å²) in [4.78, 5) is 37.1. The van der Waals surface area contributed by atoms with E-state index in [0.717, 1.165) is 4.90 Å². The number of aliphatic hydroxyl groups is 1. The molecule has 0 radical (unpaired) electrons. The summed E-state index contributed by atoms with van der Waals surface area (Å²) in [6.07, 6.45) is -9.30. The minimum Gasteiger partial charge on any atom is -0.442 e. The van der Waals surface area contributed by atoms with Crippen molar-refractivity contribution in [1.29, 1.82) is 0 Å². The maximum Gasteiger partial charge on any atom is 0.423 e. The Balaban J connectivity index is 1.37. The molecule has 174 valence electrons. The van der Waals surface area contributed by atoms with E-state index in [1.165, 1.54) is 24.0 Å². The number of carbonyl (C=O) groups excluding carboxylic acids is 3. The molecule has 3 amide bonds. The van der Waals surface area contributed by atoms with Crippen LogP contribution in [0.2, 0.25) is 0 Å². The highest BCUT2D eigenvalue weighted by Gasteiger charge is 2.59. The van der Waals surface area contributed by atoms with E-state index in [1.54, 1.807) is 6.07 Å². The first-order chi connectivity index (χ1) is 15.0. The number of hydrogen-bond donors (Lipinski definition) is 2. The molecule has 3 fully saturated rings. The Kier molecular flexibility index (Phi) is 5.51. The quantitative estimate of drug-likeness (QED) is 0.649. The molecule has 12 heteroatoms. The third-order valence-corrected chi connectivity index (χ3v) is 6.16. The molecule has 2 N–H and O–H groups in total. The smallest absolute Gasteiger partial charge is 0.423 e. The first kappa shape index (κ1) is 22.3. The van der Waals surface area contributed by atoms with Crippen molar-refractivity contribution in [2.45, 2.75) is 31.2 Å². The second-order valence-corrected chi connectivity index (χ2v) is 8.30. The Morgan fingerprint density at radius 3 is 2.47 bits per heavy atom. The molecule has 2 aliphatic heterocycles. The Morgan fingerprint density at radius 1 is 1.25 bits per heavy atom. The SMILES string of the molecule is CC(=O)NC[C@H]1CN(c2ccc(C3[C@H]4CN(C(=O)C(O)C(F)(F)F)C[C@@H]34)c(F)c2)C(=O)O1. The summed E-state index contributed by atoms with van der Waals surface area (Å²) in [5.74, 6) is -2.82. The van der Waals surface area contributed by atoms with Crippen molar-refractivity contribution in [3.8, 4) is 0 Å². The van der Waals surface area contributed by atoms with Crippen LogP contribution < -0.4 is 10.2 Å². The normalized spacial score (nSPS) is 27.8. The average Bonchev–Trinajstić information content (AvgIpc) is 3.03. The van der Waals surface area contributed by atoms with Gasteiger partial charge in [0.05, 0.1) is 18.8 Å². The van der Waals surface area contributed by atoms with E-state index in [0.29, 0.717) is 5.56 Å². The van der Waals surface area contributed by atoms with Crippen LogP contribution >= 0.6 is 0 Å². The number of ether oxygens (including phenoxy) is 1. The molecule has 8 nitrogen and oxygen atoms in total. The molecule has 0 aromatic heterocycles. The number of piperidine rings is 1. The van der Waals surface area contributed by atoms with Crippen LogP contribution in [0.3, 0.4) is 0 Å². The summed E-state index contributed by atoms with van der Waals surface area (Å²) in [6.45, 7) is 1.66. The third-order valence-electron chi connectivity index (χ3n) is 6.16. The Labute approximate surface area is 180 Å². The molecular formula is C20H21F4N3O5. The summed E-state index contributed by atoms with van der Waals surface area (Å²) >= 11 is 0. The standard InChI is InChI=1S/C20H21F4N3O5/c1-9(28)25-5-11-6-27(19(31)32-11)10-2-3-12(15(21)4-10)16-13-7-26(8-14(13)16)18(30)17(29)20(22,23)24/h2-4,11,13-14,16-17,29H,5-8H2,1H3,(H,25,28)/t11-,13-,14+,16?,17?/m0/s1. The Bertz CT molecular complexity index is 944. The fourth-order valence-corrected chi connectivity index (χ4v) is 4.53. The van der Waals surface area contributed by atoms with Gasteiger partial charge in [-0.25, -0.2) is 9.18 Å². The van der Waals surface area contributed by atoms with Crippen LogP contribution in [0, 0.1) is 17.7 Å². The predicted molar refractivity (Wildman–Crippen MR) is 101 cm³/mol. The largest absolute Gasteiger partial charge is 0.442 e. The number of benzene rings is 1. The summed E-state index contributed by atoms with van der Waals surface area (Å²) in [5, 5.41) is 11.7. The van der Waals surface area contributed by atoms with Crippen molar-refractivity contribution >= 4 is 23.6 Å². The van der Waals surface area contributed by atoms with Crippen molar-refractivity contribution in [3.63, 3.8) is 0 Å². The van der Waals surface area contributed by atoms with Crippen molar-refractivity contribution in [3.05, 3.63) is 29.6 Å². The van der Waals surface area contributed by atoms with Crippen LogP contribution in [0.25, 0.3) is 0 Å². The third kappa shape index (κ3) is 4.10. The highest BCUT2D eigenvalue weighted by atomic mass is 19.4. The number of likely N-dealkylation sites (tertiary alicyclic amines) is 1. The fraction of sp³-hybridized carbons (Fsp3) is 0.550. The van der Waals surface area contributed by atoms with Gasteiger partial charge in [-0.15, -0.1) is 0 Å². The summed E-state index contributed by atoms with van der Waals surface area (Å²) < 4.78 is 57.6. The van der Waals surface area contributed by atoms with Crippen molar-refractivity contribution in [2.24, 2.45) is 11.8 Å². The number of halogens is 4. The molecule has 1 aromatic rings. The lowest BCUT2D eigenvalue weighted by molar-refractivity contribution is -0.210. The van der Waals surface area contributed by atoms with Crippen molar-refractivity contribution < 1.29 is 41.8 Å². The molecule has 3 aliphatic rings. The topological polar surface area (TPSA) is 99.2 Å². The van der Waals surface area contributed by atoms with Gasteiger partial charge in [0.2, 0.25) is 12.0 Å². The zero-order valence-electron chi connectivity index (χ0n) is 16.9. The molecule has 1 saturated carbocycles. The lowest BCUT2D eigenvalue weighted by atomic mass is 10.0. The highest BCUT2D eigenvalue weighted by Crippen LogP contribution is 2.59. The summed E-state index contributed by atoms with van der Waals surface area (Å²) in [7, 11) is 0. The van der Waals surface area contributed by atoms with Crippen molar-refractivity contribution in [2.75, 3.05) is 31.1 Å². The minimum atomic E-state index is -5.02. The fourth-order valence-electron chi connectivity index (χ4n) is 4.53. The predicted octanol–water partition coefficient (Wildman–Crippen LogP) is 1.38. The Morgan fingerprint density at radius 2 is 1.91 bits per heavy atom. The van der Waals surface area contributed by atoms with Crippen molar-refractivity contribution in [1.82, 2.24) is 10.2 Å². The molecule has 1 aliphatic carbocycles. The second-order valence-electron chi connectivity index (χ2n) is 8.30. The van der Waals surface area contributed by atoms with Gasteiger partial charge in [0, 0.05) is 20.0 Å². The average molecular weight is 459 g/mol. The van der Waals surface area contributed by atoms with E-state index in [9.17, 15) is 31.9 Å². The van der Waals surface area contributed by atoms with Crippen LogP contribution in [0.5, 0.6) is 0 Å². The van der Waals surface area contributed by atoms with Gasteiger partial charge in [0.25, 0.3) is 5.91 Å². The van der Waals surface area contributed by atoms with E-state index in [1.807, 2.05) is 0 Å². The molecule has 32 heavy (non-hydrogen) atoms. The van der Waals surface area contributed by atoms with Gasteiger partial charge in [0.15, 0.2) is 0 Å². The molecule has 0 spiro atoms. The molecule has 0 bridgehead atoms. The number of hydrogen-bond acceptors (Lipinski definition) is 5. The van der Waals surface area contributed by atoms with Gasteiger partial charge in [-0.05, 0) is 35.4 Å². The number of aliphatic hydroxyl groups excluding tert-OH is 1. The first-order valence-electron chi connectivity index (χ1n) is 10.0. The minimum absolute atomic E-state index is 0.0196. The number of nitrogens with one attached hydrogen (secondary N) is 1. The number of rotatable bonds is 5. The molecule has 2 saturated heterocycles. The second kappa shape index (κ2) is 7.91. The lowest BCUT2D eigenvalue weighted by Crippen LogP contribution is -2.46. The van der Waals surface area contributed by atoms with Gasteiger partial charge >= 0.3 is 12.3 Å². The monoisotopic (exact) mass is 459 g/mol. The number of nitrogens with zero attached hydrogens (tertiary/aromatic N) is 2. The zero-order valence-corrected chi connectivity index (χ0v) is 16.9. The van der Waals surface area contributed by atoms with E-state index in [-0.39, 0.29) is 55.5 Å². The van der Waals surface area contributed by atoms with Crippen LogP contribution in [-0.4, -0.2) is 72.5 Å². The van der Waals surface area contributed by atoms with Gasteiger partial charge in [-0.2, -0.15) is 13.2 Å². The van der Waals surface area contributed by atoms with E-state index < -0.39 is 36.2 Å². The van der Waals surface area contributed by atoms with Crippen LogP contribution in [-0.2, 0) is 14.3 Å². The lowest BCUT2D eigenvalue weighted by Gasteiger charge is -2.24. The van der Waals surface area contributed by atoms with E-state index in [2.05, 4.69) is 5.32 Å². The molecular weight excluding hydrogens is 438 g/mol. The van der Waals surface area contributed by atoms with Crippen LogP contribution in [0.15, 0.2) is 18.2 Å². The van der Waals surface area contributed by atoms with Gasteiger partial charge < -0.3 is 20.1 Å². The molecule has 5 atom stereocenters. The number of fused-ring (bicyclic) bond motifs is 1. The number of alkyl halides is 3. The van der Waals surface area contributed by atoms with Gasteiger partial charge in [-0.3, -0.25) is 14.5 Å². The zero-order chi connectivity index (χ0) is 23.4. The molecule has 2 heterocycles. The summed E-state index contributed by atoms with van der Waals surface area (Å²) in [5.41, 5.74) is 0.659. The maximum absolute atomic E-state index is 14.8. The highest BCUT2D eigenvalue weighted by molar-refractivity contribution is 5.90. The maximum atomic E-state index is 14.8. The number of anilines is 1. The number of carbonyl (C=O) groups is 3. The first-order valence-corrected chi connectivity index (χ1v) is 10.0. The summed E-state index contributed by atoms with van der Waals surface area (Å²) in [6, 6.07) is 4.28. The Hall–Kier alpha value is -2.89. The number of cyclic esters (lactones) is 1. The molecule has 1 aromatic carbocycles. The number of amides is 3. The van der Waals surface area contributed by atoms with E-state index >= 15 is 0 Å². The van der Waals surface area contributed by atoms with Gasteiger partial charge in [0.1, 0.15) is 11.9 Å². The van der Waals surface area contributed by atoms with Crippen LogP contribution in [0.4, 0.5) is 28.0 Å². The molecule has 2 unspecified atom stereocenters. The van der Waals surface area contributed by atoms with Gasteiger partial charge in [-0.1, -0.05) is 6.07 Å². The van der Waals surface area contributed by atoms with Crippen LogP contribution in [0.1, 0.15) is 18.4 Å².